The van der Waals surface area contributed by atoms with Crippen LogP contribution in [0.5, 0.6) is 0 Å². The second-order valence-corrected chi connectivity index (χ2v) is 4.23. The van der Waals surface area contributed by atoms with Gasteiger partial charge in [0.15, 0.2) is 0 Å². The number of rotatable bonds is 5. The molecule has 0 fully saturated rings. The van der Waals surface area contributed by atoms with E-state index in [1.165, 1.54) is 0 Å². The van der Waals surface area contributed by atoms with Crippen molar-refractivity contribution in [2.24, 2.45) is 0 Å². The fourth-order valence-electron chi connectivity index (χ4n) is 0.381. The summed E-state index contributed by atoms with van der Waals surface area (Å²) in [6.45, 7) is 0. The Bertz CT molecular complexity index is 102. The predicted octanol–water partition coefficient (Wildman–Crippen LogP) is 0.498. The van der Waals surface area contributed by atoms with Gasteiger partial charge < -0.3 is 0 Å². The molecule has 0 aliphatic carbocycles. The van der Waals surface area contributed by atoms with Gasteiger partial charge in [0.05, 0.1) is 0 Å². The summed E-state index contributed by atoms with van der Waals surface area (Å²) in [5.41, 5.74) is 0. The van der Waals surface area contributed by atoms with Crippen molar-refractivity contribution in [3.05, 3.63) is 0 Å². The molecule has 3 nitrogen and oxygen atoms in total. The first-order valence-electron chi connectivity index (χ1n) is 2.68. The number of hydrogen-bond acceptors (Lipinski definition) is 2. The third kappa shape index (κ3) is 7.70. The fraction of sp³-hybridized carbons (Fsp3) is 0.600. The van der Waals surface area contributed by atoms with Gasteiger partial charge in [0.2, 0.25) is 0 Å². The Kier molecular flexibility index (Phi) is 5.63. The summed E-state index contributed by atoms with van der Waals surface area (Å²) in [5.74, 6) is 0. The predicted molar refractivity (Wildman–Crippen MR) is 35.3 cm³/mol. The Morgan fingerprint density at radius 3 is 2.78 bits per heavy atom. The molecule has 0 saturated heterocycles. The van der Waals surface area contributed by atoms with Crippen molar-refractivity contribution in [1.29, 1.82) is 0 Å². The first kappa shape index (κ1) is 8.70. The molecule has 0 aromatic heterocycles. The number of unbranched alkanes of at least 4 members (excludes halogenated alkanes) is 1. The van der Waals surface area contributed by atoms with Crippen LogP contribution in [-0.2, 0) is 4.79 Å². The minimum atomic E-state index is -0.807. The molecule has 0 aliphatic rings. The van der Waals surface area contributed by atoms with Crippen LogP contribution in [0.3, 0.4) is 0 Å². The molecule has 4 heteroatoms. The number of carboxylic acid groups (broad SMARTS) is 1. The van der Waals surface area contributed by atoms with Crippen molar-refractivity contribution in [3.63, 3.8) is 0 Å². The zero-order valence-corrected chi connectivity index (χ0v) is 7.06. The average Bonchev–Trinajstić information content (AvgIpc) is 1.80. The summed E-state index contributed by atoms with van der Waals surface area (Å²) in [4.78, 5) is 19.6. The van der Waals surface area contributed by atoms with E-state index < -0.39 is 20.5 Å². The summed E-state index contributed by atoms with van der Waals surface area (Å²) in [6.07, 6.45) is 2.08. The molecule has 0 aliphatic heterocycles. The minimum absolute atomic E-state index is 0.511. The van der Waals surface area contributed by atoms with Gasteiger partial charge in [-0.05, 0) is 0 Å². The topological polar surface area (TPSA) is 54.4 Å². The van der Waals surface area contributed by atoms with Gasteiger partial charge in [0.25, 0.3) is 0 Å². The van der Waals surface area contributed by atoms with Crippen LogP contribution in [0.1, 0.15) is 12.8 Å². The molecule has 9 heavy (non-hydrogen) atoms. The second-order valence-electron chi connectivity index (χ2n) is 1.54. The zero-order chi connectivity index (χ0) is 7.11. The Hall–Kier alpha value is -0.302. The Morgan fingerprint density at radius 1 is 1.67 bits per heavy atom. The SMILES string of the molecule is O=CCCC[AsH]C(=O)O. The normalized spacial score (nSPS) is 10.2. The Morgan fingerprint density at radius 2 is 2.33 bits per heavy atom. The molecule has 0 radical (unpaired) electrons. The zero-order valence-electron chi connectivity index (χ0n) is 4.96. The average molecular weight is 192 g/mol. The quantitative estimate of drug-likeness (QED) is 0.392. The third-order valence-electron chi connectivity index (χ3n) is 0.775. The van der Waals surface area contributed by atoms with Crippen LogP contribution >= 0.6 is 0 Å². The Balaban J connectivity index is 2.91. The van der Waals surface area contributed by atoms with Crippen LogP contribution in [0.25, 0.3) is 0 Å². The molecule has 0 aromatic rings. The Labute approximate surface area is 60.1 Å². The number of hydrogen-bond donors (Lipinski definition) is 1. The van der Waals surface area contributed by atoms with E-state index in [1.54, 1.807) is 0 Å². The van der Waals surface area contributed by atoms with Gasteiger partial charge in [-0.15, -0.1) is 0 Å². The number of carbonyl (C=O) groups is 2. The molecule has 1 N–H and O–H groups in total. The van der Waals surface area contributed by atoms with E-state index in [0.29, 0.717) is 6.42 Å². The van der Waals surface area contributed by atoms with Crippen LogP contribution in [-0.4, -0.2) is 31.9 Å². The standard InChI is InChI=1S/C5H9AsO3/c7-4-2-1-3-6-5(8)9/h4,6H,1-3H2,(H,8,9). The van der Waals surface area contributed by atoms with Gasteiger partial charge >= 0.3 is 59.5 Å². The van der Waals surface area contributed by atoms with Gasteiger partial charge in [0.1, 0.15) is 0 Å². The molecule has 0 aromatic carbocycles. The molecule has 0 heterocycles. The molecule has 0 amide bonds. The van der Waals surface area contributed by atoms with Crippen molar-refractivity contribution in [2.45, 2.75) is 18.1 Å². The van der Waals surface area contributed by atoms with Gasteiger partial charge in [0, 0.05) is 0 Å². The van der Waals surface area contributed by atoms with Crippen LogP contribution in [0.4, 0.5) is 4.79 Å². The molecule has 0 rings (SSSR count). The number of aldehydes is 1. The van der Waals surface area contributed by atoms with Gasteiger partial charge in [-0.3, -0.25) is 0 Å². The number of carbonyl (C=O) groups excluding carboxylic acids is 1. The van der Waals surface area contributed by atoms with Crippen molar-refractivity contribution < 1.29 is 14.7 Å². The summed E-state index contributed by atoms with van der Waals surface area (Å²) in [5, 5.41) is 8.91. The first-order valence-corrected chi connectivity index (χ1v) is 5.21. The van der Waals surface area contributed by atoms with Crippen molar-refractivity contribution in [1.82, 2.24) is 0 Å². The van der Waals surface area contributed by atoms with Gasteiger partial charge in [-0.25, -0.2) is 0 Å². The second kappa shape index (κ2) is 5.83. The molecule has 1 atom stereocenters. The molecule has 0 spiro atoms. The van der Waals surface area contributed by atoms with Crippen LogP contribution in [0.15, 0.2) is 0 Å². The van der Waals surface area contributed by atoms with E-state index >= 15 is 0 Å². The van der Waals surface area contributed by atoms with Crippen molar-refractivity contribution in [2.75, 3.05) is 0 Å². The van der Waals surface area contributed by atoms with Gasteiger partial charge in [-0.2, -0.15) is 0 Å². The van der Waals surface area contributed by atoms with E-state index in [-0.39, 0.29) is 0 Å². The van der Waals surface area contributed by atoms with Crippen LogP contribution < -0.4 is 0 Å². The molecule has 1 unspecified atom stereocenters. The maximum absolute atomic E-state index is 9.93. The fourth-order valence-corrected chi connectivity index (χ4v) is 1.63. The van der Waals surface area contributed by atoms with E-state index in [0.717, 1.165) is 17.9 Å². The summed E-state index contributed by atoms with van der Waals surface area (Å²) in [6, 6.07) is 0. The van der Waals surface area contributed by atoms with Crippen LogP contribution in [0.2, 0.25) is 5.21 Å². The summed E-state index contributed by atoms with van der Waals surface area (Å²) in [7, 11) is 0. The first-order chi connectivity index (χ1) is 4.27. The summed E-state index contributed by atoms with van der Waals surface area (Å²) < 4.78 is -0.666. The summed E-state index contributed by atoms with van der Waals surface area (Å²) >= 11 is -0.807. The maximum atomic E-state index is 9.93. The van der Waals surface area contributed by atoms with E-state index in [4.69, 9.17) is 5.11 Å². The molecular formula is C5H9AsO3. The van der Waals surface area contributed by atoms with Crippen LogP contribution in [0, 0.1) is 0 Å². The van der Waals surface area contributed by atoms with E-state index in [1.807, 2.05) is 0 Å². The molecule has 52 valence electrons. The molecule has 0 saturated carbocycles. The van der Waals surface area contributed by atoms with Crippen molar-refractivity contribution >= 4 is 26.8 Å². The third-order valence-corrected chi connectivity index (χ3v) is 2.68. The van der Waals surface area contributed by atoms with Crippen molar-refractivity contribution in [3.8, 4) is 0 Å². The van der Waals surface area contributed by atoms with E-state index in [9.17, 15) is 9.59 Å². The van der Waals surface area contributed by atoms with E-state index in [2.05, 4.69) is 0 Å². The molecule has 0 bridgehead atoms. The monoisotopic (exact) mass is 192 g/mol. The molecular weight excluding hydrogens is 183 g/mol. The van der Waals surface area contributed by atoms with Gasteiger partial charge in [-0.1, -0.05) is 0 Å².